The zero-order valence-corrected chi connectivity index (χ0v) is 7.09. The zero-order chi connectivity index (χ0) is 9.19. The Morgan fingerprint density at radius 1 is 1.67 bits per heavy atom. The molecular formula is C8H14F2O2. The molecule has 2 nitrogen and oxygen atoms in total. The summed E-state index contributed by atoms with van der Waals surface area (Å²) in [5, 5.41) is 9.50. The van der Waals surface area contributed by atoms with Gasteiger partial charge < -0.3 is 9.84 Å². The molecule has 0 amide bonds. The van der Waals surface area contributed by atoms with E-state index in [2.05, 4.69) is 4.74 Å². The summed E-state index contributed by atoms with van der Waals surface area (Å²) in [6, 6.07) is 0. The van der Waals surface area contributed by atoms with E-state index in [0.717, 1.165) is 6.42 Å². The van der Waals surface area contributed by atoms with Crippen LogP contribution in [-0.2, 0) is 4.74 Å². The lowest BCUT2D eigenvalue weighted by Gasteiger charge is -2.08. The molecule has 0 aromatic heterocycles. The van der Waals surface area contributed by atoms with Crippen molar-refractivity contribution in [3.63, 3.8) is 0 Å². The molecule has 0 spiro atoms. The SMILES string of the molecule is CC1CC1(O)CCOCC(F)F. The molecule has 12 heavy (non-hydrogen) atoms. The molecule has 1 aliphatic carbocycles. The predicted molar refractivity (Wildman–Crippen MR) is 40.2 cm³/mol. The maximum Gasteiger partial charge on any atom is 0.261 e. The van der Waals surface area contributed by atoms with E-state index in [4.69, 9.17) is 0 Å². The van der Waals surface area contributed by atoms with E-state index in [1.54, 1.807) is 0 Å². The van der Waals surface area contributed by atoms with Crippen molar-refractivity contribution in [3.05, 3.63) is 0 Å². The highest BCUT2D eigenvalue weighted by atomic mass is 19.3. The quantitative estimate of drug-likeness (QED) is 0.648. The topological polar surface area (TPSA) is 29.5 Å². The van der Waals surface area contributed by atoms with Crippen LogP contribution in [0.4, 0.5) is 8.78 Å². The van der Waals surface area contributed by atoms with Gasteiger partial charge in [-0.15, -0.1) is 0 Å². The summed E-state index contributed by atoms with van der Waals surface area (Å²) < 4.78 is 27.8. The van der Waals surface area contributed by atoms with Crippen LogP contribution in [0.15, 0.2) is 0 Å². The molecule has 1 rings (SSSR count). The molecule has 2 unspecified atom stereocenters. The Kier molecular flexibility index (Phi) is 3.01. The lowest BCUT2D eigenvalue weighted by Crippen LogP contribution is -2.15. The fourth-order valence-corrected chi connectivity index (χ4v) is 1.24. The molecule has 2 atom stereocenters. The molecular weight excluding hydrogens is 166 g/mol. The van der Waals surface area contributed by atoms with E-state index in [9.17, 15) is 13.9 Å². The maximum atomic E-state index is 11.6. The van der Waals surface area contributed by atoms with E-state index in [-0.39, 0.29) is 6.61 Å². The lowest BCUT2D eigenvalue weighted by molar-refractivity contribution is -0.000719. The van der Waals surface area contributed by atoms with Gasteiger partial charge in [-0.3, -0.25) is 0 Å². The Labute approximate surface area is 70.5 Å². The monoisotopic (exact) mass is 180 g/mol. The molecule has 0 radical (unpaired) electrons. The van der Waals surface area contributed by atoms with Crippen LogP contribution in [0.2, 0.25) is 0 Å². The Hall–Kier alpha value is -0.220. The van der Waals surface area contributed by atoms with Gasteiger partial charge in [0, 0.05) is 6.61 Å². The van der Waals surface area contributed by atoms with Gasteiger partial charge in [-0.25, -0.2) is 8.78 Å². The molecule has 4 heteroatoms. The fourth-order valence-electron chi connectivity index (χ4n) is 1.24. The van der Waals surface area contributed by atoms with Gasteiger partial charge in [-0.1, -0.05) is 6.92 Å². The smallest absolute Gasteiger partial charge is 0.261 e. The molecule has 0 heterocycles. The van der Waals surface area contributed by atoms with Crippen LogP contribution in [0, 0.1) is 5.92 Å². The molecule has 0 saturated heterocycles. The zero-order valence-electron chi connectivity index (χ0n) is 7.09. The maximum absolute atomic E-state index is 11.6. The van der Waals surface area contributed by atoms with E-state index >= 15 is 0 Å². The van der Waals surface area contributed by atoms with Crippen LogP contribution < -0.4 is 0 Å². The van der Waals surface area contributed by atoms with Crippen molar-refractivity contribution in [2.75, 3.05) is 13.2 Å². The van der Waals surface area contributed by atoms with Gasteiger partial charge in [-0.05, 0) is 18.8 Å². The molecule has 1 fully saturated rings. The largest absolute Gasteiger partial charge is 0.390 e. The molecule has 1 saturated carbocycles. The number of halogens is 2. The van der Waals surface area contributed by atoms with Gasteiger partial charge in [0.05, 0.1) is 5.60 Å². The second-order valence-corrected chi connectivity index (χ2v) is 3.42. The lowest BCUT2D eigenvalue weighted by atomic mass is 10.2. The minimum atomic E-state index is -2.41. The standard InChI is InChI=1S/C8H14F2O2/c1-6-4-8(6,11)2-3-12-5-7(9)10/h6-7,11H,2-5H2,1H3. The van der Waals surface area contributed by atoms with Crippen molar-refractivity contribution in [2.45, 2.75) is 31.8 Å². The number of hydrogen-bond donors (Lipinski definition) is 1. The van der Waals surface area contributed by atoms with E-state index in [1.807, 2.05) is 6.92 Å². The van der Waals surface area contributed by atoms with Gasteiger partial charge in [-0.2, -0.15) is 0 Å². The minimum absolute atomic E-state index is 0.227. The Balaban J connectivity index is 1.97. The van der Waals surface area contributed by atoms with Gasteiger partial charge in [0.15, 0.2) is 0 Å². The number of hydrogen-bond acceptors (Lipinski definition) is 2. The summed E-state index contributed by atoms with van der Waals surface area (Å²) in [5.74, 6) is 0.299. The number of rotatable bonds is 5. The third kappa shape index (κ3) is 2.68. The van der Waals surface area contributed by atoms with Crippen LogP contribution >= 0.6 is 0 Å². The summed E-state index contributed by atoms with van der Waals surface area (Å²) in [7, 11) is 0. The third-order valence-corrected chi connectivity index (χ3v) is 2.34. The van der Waals surface area contributed by atoms with Gasteiger partial charge in [0.2, 0.25) is 0 Å². The highest BCUT2D eigenvalue weighted by Crippen LogP contribution is 2.45. The Morgan fingerprint density at radius 3 is 2.67 bits per heavy atom. The van der Waals surface area contributed by atoms with Crippen LogP contribution in [-0.4, -0.2) is 30.3 Å². The first-order chi connectivity index (χ1) is 5.54. The fraction of sp³-hybridized carbons (Fsp3) is 1.00. The first-order valence-corrected chi connectivity index (χ1v) is 4.13. The Bertz CT molecular complexity index is 152. The number of ether oxygens (including phenoxy) is 1. The molecule has 0 bridgehead atoms. The second kappa shape index (κ2) is 3.66. The summed E-state index contributed by atoms with van der Waals surface area (Å²) in [5.41, 5.74) is -0.623. The van der Waals surface area contributed by atoms with Crippen molar-refractivity contribution in [3.8, 4) is 0 Å². The molecule has 1 N–H and O–H groups in total. The minimum Gasteiger partial charge on any atom is -0.390 e. The van der Waals surface area contributed by atoms with Gasteiger partial charge in [0.1, 0.15) is 6.61 Å². The van der Waals surface area contributed by atoms with Crippen LogP contribution in [0.5, 0.6) is 0 Å². The second-order valence-electron chi connectivity index (χ2n) is 3.42. The van der Waals surface area contributed by atoms with Crippen molar-refractivity contribution >= 4 is 0 Å². The summed E-state index contributed by atoms with van der Waals surface area (Å²) in [6.07, 6.45) is -1.16. The van der Waals surface area contributed by atoms with Crippen molar-refractivity contribution in [2.24, 2.45) is 5.92 Å². The highest BCUT2D eigenvalue weighted by molar-refractivity contribution is 5.00. The van der Waals surface area contributed by atoms with E-state index < -0.39 is 18.6 Å². The summed E-state index contributed by atoms with van der Waals surface area (Å²) >= 11 is 0. The van der Waals surface area contributed by atoms with Crippen molar-refractivity contribution in [1.82, 2.24) is 0 Å². The van der Waals surface area contributed by atoms with E-state index in [1.165, 1.54) is 0 Å². The molecule has 0 aliphatic heterocycles. The van der Waals surface area contributed by atoms with Crippen LogP contribution in [0.3, 0.4) is 0 Å². The predicted octanol–water partition coefficient (Wildman–Crippen LogP) is 1.43. The number of aliphatic hydroxyl groups is 1. The first kappa shape index (κ1) is 9.86. The first-order valence-electron chi connectivity index (χ1n) is 4.13. The molecule has 72 valence electrons. The normalized spacial score (nSPS) is 34.2. The summed E-state index contributed by atoms with van der Waals surface area (Å²) in [6.45, 7) is 1.64. The van der Waals surface area contributed by atoms with Gasteiger partial charge in [0.25, 0.3) is 6.43 Å². The van der Waals surface area contributed by atoms with Crippen LogP contribution in [0.1, 0.15) is 19.8 Å². The van der Waals surface area contributed by atoms with Crippen LogP contribution in [0.25, 0.3) is 0 Å². The van der Waals surface area contributed by atoms with Gasteiger partial charge >= 0.3 is 0 Å². The third-order valence-electron chi connectivity index (χ3n) is 2.34. The molecule has 1 aliphatic rings. The average molecular weight is 180 g/mol. The average Bonchev–Trinajstić information content (AvgIpc) is 2.53. The summed E-state index contributed by atoms with van der Waals surface area (Å²) in [4.78, 5) is 0. The Morgan fingerprint density at radius 2 is 2.25 bits per heavy atom. The molecule has 0 aromatic rings. The van der Waals surface area contributed by atoms with Crippen molar-refractivity contribution in [1.29, 1.82) is 0 Å². The highest BCUT2D eigenvalue weighted by Gasteiger charge is 2.48. The number of alkyl halides is 2. The molecule has 0 aromatic carbocycles. The van der Waals surface area contributed by atoms with E-state index in [0.29, 0.717) is 12.3 Å². The van der Waals surface area contributed by atoms with Crippen molar-refractivity contribution < 1.29 is 18.6 Å².